The molecule has 0 aliphatic carbocycles. The average molecular weight is 452 g/mol. The van der Waals surface area contributed by atoms with Crippen LogP contribution in [0.2, 0.25) is 0 Å². The van der Waals surface area contributed by atoms with Gasteiger partial charge in [-0.15, -0.1) is 0 Å². The molecule has 0 unspecified atom stereocenters. The Hall–Kier alpha value is -3.85. The van der Waals surface area contributed by atoms with Crippen LogP contribution in [0.15, 0.2) is 67.0 Å². The number of aromatic amines is 1. The lowest BCUT2D eigenvalue weighted by molar-refractivity contribution is -0.132. The summed E-state index contributed by atoms with van der Waals surface area (Å²) in [5.74, 6) is 0.868. The molecule has 1 fully saturated rings. The molecule has 3 heterocycles. The van der Waals surface area contributed by atoms with Gasteiger partial charge in [0.15, 0.2) is 0 Å². The largest absolute Gasteiger partial charge is 0.347 e. The van der Waals surface area contributed by atoms with Gasteiger partial charge in [0.25, 0.3) is 0 Å². The van der Waals surface area contributed by atoms with Crippen molar-refractivity contribution in [1.29, 1.82) is 5.26 Å². The molecule has 0 spiro atoms. The van der Waals surface area contributed by atoms with Crippen LogP contribution in [0.1, 0.15) is 36.9 Å². The fourth-order valence-electron chi connectivity index (χ4n) is 5.01. The van der Waals surface area contributed by atoms with Gasteiger partial charge >= 0.3 is 0 Å². The summed E-state index contributed by atoms with van der Waals surface area (Å²) in [6.45, 7) is 2.68. The van der Waals surface area contributed by atoms with E-state index in [1.54, 1.807) is 6.20 Å². The highest BCUT2D eigenvalue weighted by Gasteiger charge is 2.23. The SMILES string of the molecule is N#Cc1[nH]ncc1-c1ccc2c(ccn2CC2CCN(C(=O)CCCc3ccccc3)CC2)c1. The standard InChI is InChI=1S/C28H29N5O/c29-18-26-25(19-30-31-26)23-9-10-27-24(17-23)13-16-33(27)20-22-11-14-32(15-12-22)28(34)8-4-7-21-5-2-1-3-6-21/h1-3,5-6,9-10,13,16-17,19,22H,4,7-8,11-12,14-15,20H2,(H,30,31). The molecule has 1 N–H and O–H groups in total. The fourth-order valence-corrected chi connectivity index (χ4v) is 5.01. The minimum absolute atomic E-state index is 0.296. The second-order valence-electron chi connectivity index (χ2n) is 9.18. The van der Waals surface area contributed by atoms with Crippen molar-refractivity contribution < 1.29 is 4.79 Å². The number of carbonyl (C=O) groups is 1. The van der Waals surface area contributed by atoms with E-state index in [1.165, 1.54) is 11.1 Å². The Bertz CT molecular complexity index is 1310. The lowest BCUT2D eigenvalue weighted by atomic mass is 9.96. The highest BCUT2D eigenvalue weighted by Crippen LogP contribution is 2.28. The zero-order valence-electron chi connectivity index (χ0n) is 19.3. The summed E-state index contributed by atoms with van der Waals surface area (Å²) in [7, 11) is 0. The molecule has 4 aromatic rings. The molecule has 2 aromatic heterocycles. The van der Waals surface area contributed by atoms with Gasteiger partial charge in [-0.2, -0.15) is 10.4 Å². The summed E-state index contributed by atoms with van der Waals surface area (Å²) in [6.07, 6.45) is 8.45. The second kappa shape index (κ2) is 9.96. The summed E-state index contributed by atoms with van der Waals surface area (Å²) in [4.78, 5) is 14.7. The van der Waals surface area contributed by atoms with E-state index < -0.39 is 0 Å². The minimum atomic E-state index is 0.296. The molecule has 34 heavy (non-hydrogen) atoms. The number of nitriles is 1. The number of rotatable bonds is 7. The number of hydrogen-bond acceptors (Lipinski definition) is 3. The molecule has 0 atom stereocenters. The van der Waals surface area contributed by atoms with Crippen LogP contribution in [-0.2, 0) is 17.8 Å². The molecule has 2 aromatic carbocycles. The van der Waals surface area contributed by atoms with Crippen LogP contribution in [0.3, 0.4) is 0 Å². The maximum Gasteiger partial charge on any atom is 0.222 e. The number of carbonyl (C=O) groups excluding carboxylic acids is 1. The topological polar surface area (TPSA) is 77.7 Å². The third-order valence-electron chi connectivity index (χ3n) is 6.95. The molecule has 6 nitrogen and oxygen atoms in total. The van der Waals surface area contributed by atoms with Crippen molar-refractivity contribution in [2.75, 3.05) is 13.1 Å². The van der Waals surface area contributed by atoms with Gasteiger partial charge in [-0.1, -0.05) is 36.4 Å². The lowest BCUT2D eigenvalue weighted by Gasteiger charge is -2.32. The Morgan fingerprint density at radius 1 is 1.12 bits per heavy atom. The predicted octanol–water partition coefficient (Wildman–Crippen LogP) is 5.16. The van der Waals surface area contributed by atoms with E-state index >= 15 is 0 Å². The maximum atomic E-state index is 12.7. The highest BCUT2D eigenvalue weighted by atomic mass is 16.2. The molecule has 1 amide bonds. The Balaban J connectivity index is 1.14. The number of H-pyrrole nitrogens is 1. The number of aryl methyl sites for hydroxylation is 1. The van der Waals surface area contributed by atoms with Crippen molar-refractivity contribution in [3.63, 3.8) is 0 Å². The van der Waals surface area contributed by atoms with Crippen LogP contribution >= 0.6 is 0 Å². The van der Waals surface area contributed by atoms with E-state index in [0.29, 0.717) is 23.9 Å². The first-order valence-electron chi connectivity index (χ1n) is 12.1. The number of amides is 1. The quantitative estimate of drug-likeness (QED) is 0.421. The third kappa shape index (κ3) is 4.74. The van der Waals surface area contributed by atoms with Crippen molar-refractivity contribution >= 4 is 16.8 Å². The number of nitrogens with one attached hydrogen (secondary N) is 1. The molecule has 5 rings (SSSR count). The van der Waals surface area contributed by atoms with E-state index in [1.807, 2.05) is 6.07 Å². The van der Waals surface area contributed by atoms with Gasteiger partial charge in [-0.25, -0.2) is 0 Å². The van der Waals surface area contributed by atoms with E-state index in [0.717, 1.165) is 61.8 Å². The summed E-state index contributed by atoms with van der Waals surface area (Å²) < 4.78 is 2.32. The normalized spacial score (nSPS) is 14.4. The molecule has 0 radical (unpaired) electrons. The maximum absolute atomic E-state index is 12.7. The fraction of sp³-hybridized carbons (Fsp3) is 0.321. The Morgan fingerprint density at radius 2 is 1.94 bits per heavy atom. The van der Waals surface area contributed by atoms with Crippen molar-refractivity contribution in [2.24, 2.45) is 5.92 Å². The predicted molar refractivity (Wildman–Crippen MR) is 133 cm³/mol. The summed E-state index contributed by atoms with van der Waals surface area (Å²) >= 11 is 0. The first-order chi connectivity index (χ1) is 16.7. The van der Waals surface area contributed by atoms with Crippen LogP contribution in [0.4, 0.5) is 0 Å². The first kappa shape index (κ1) is 22.0. The van der Waals surface area contributed by atoms with Gasteiger partial charge in [0, 0.05) is 48.7 Å². The lowest BCUT2D eigenvalue weighted by Crippen LogP contribution is -2.39. The van der Waals surface area contributed by atoms with Crippen LogP contribution in [-0.4, -0.2) is 38.7 Å². The van der Waals surface area contributed by atoms with Gasteiger partial charge in [0.05, 0.1) is 6.20 Å². The van der Waals surface area contributed by atoms with E-state index in [9.17, 15) is 10.1 Å². The van der Waals surface area contributed by atoms with E-state index in [4.69, 9.17) is 0 Å². The monoisotopic (exact) mass is 451 g/mol. The van der Waals surface area contributed by atoms with Gasteiger partial charge < -0.3 is 9.47 Å². The Morgan fingerprint density at radius 3 is 2.74 bits per heavy atom. The van der Waals surface area contributed by atoms with Crippen molar-refractivity contribution in [3.8, 4) is 17.2 Å². The Labute approximate surface area is 199 Å². The molecule has 0 bridgehead atoms. The van der Waals surface area contributed by atoms with Gasteiger partial charge in [-0.05, 0) is 60.9 Å². The summed E-state index contributed by atoms with van der Waals surface area (Å²) in [5, 5.41) is 17.2. The number of benzene rings is 2. The first-order valence-corrected chi connectivity index (χ1v) is 12.1. The number of aromatic nitrogens is 3. The molecule has 1 saturated heterocycles. The number of likely N-dealkylation sites (tertiary alicyclic amines) is 1. The van der Waals surface area contributed by atoms with E-state index in [-0.39, 0.29) is 0 Å². The van der Waals surface area contributed by atoms with E-state index in [2.05, 4.69) is 80.5 Å². The van der Waals surface area contributed by atoms with Gasteiger partial charge in [-0.3, -0.25) is 9.89 Å². The summed E-state index contributed by atoms with van der Waals surface area (Å²) in [5.41, 5.74) is 4.81. The van der Waals surface area contributed by atoms with Crippen LogP contribution in [0.5, 0.6) is 0 Å². The minimum Gasteiger partial charge on any atom is -0.347 e. The molecular weight excluding hydrogens is 422 g/mol. The number of fused-ring (bicyclic) bond motifs is 1. The molecule has 0 saturated carbocycles. The van der Waals surface area contributed by atoms with Crippen LogP contribution < -0.4 is 0 Å². The third-order valence-corrected chi connectivity index (χ3v) is 6.95. The highest BCUT2D eigenvalue weighted by molar-refractivity contribution is 5.86. The van der Waals surface area contributed by atoms with Crippen LogP contribution in [0, 0.1) is 17.2 Å². The van der Waals surface area contributed by atoms with Crippen molar-refractivity contribution in [1.82, 2.24) is 19.7 Å². The molecule has 1 aliphatic rings. The Kier molecular flexibility index (Phi) is 6.44. The number of hydrogen-bond donors (Lipinski definition) is 1. The van der Waals surface area contributed by atoms with Crippen molar-refractivity contribution in [3.05, 3.63) is 78.2 Å². The smallest absolute Gasteiger partial charge is 0.222 e. The molecule has 1 aliphatic heterocycles. The molecule has 6 heteroatoms. The number of nitrogens with zero attached hydrogens (tertiary/aromatic N) is 4. The zero-order valence-corrected chi connectivity index (χ0v) is 19.3. The zero-order chi connectivity index (χ0) is 23.3. The van der Waals surface area contributed by atoms with Gasteiger partial charge in [0.2, 0.25) is 5.91 Å². The summed E-state index contributed by atoms with van der Waals surface area (Å²) in [6, 6.07) is 21.0. The van der Waals surface area contributed by atoms with Crippen molar-refractivity contribution in [2.45, 2.75) is 38.6 Å². The number of piperidine rings is 1. The van der Waals surface area contributed by atoms with Crippen LogP contribution in [0.25, 0.3) is 22.0 Å². The van der Waals surface area contributed by atoms with Gasteiger partial charge in [0.1, 0.15) is 11.8 Å². The molecular formula is C28H29N5O. The molecule has 172 valence electrons. The average Bonchev–Trinajstić information content (AvgIpc) is 3.52. The second-order valence-corrected chi connectivity index (χ2v) is 9.18.